The molecular formula is C21H18N2O5S. The number of rotatable bonds is 6. The van der Waals surface area contributed by atoms with Gasteiger partial charge in [-0.2, -0.15) is 0 Å². The summed E-state index contributed by atoms with van der Waals surface area (Å²) in [4.78, 5) is 0.818. The van der Waals surface area contributed by atoms with Crippen LogP contribution >= 0.6 is 11.9 Å². The maximum absolute atomic E-state index is 5.95. The van der Waals surface area contributed by atoms with Crippen molar-refractivity contribution in [1.82, 2.24) is 5.16 Å². The van der Waals surface area contributed by atoms with Crippen LogP contribution in [0.4, 0.5) is 5.82 Å². The van der Waals surface area contributed by atoms with Gasteiger partial charge in [-0.05, 0) is 42.3 Å². The molecule has 0 fully saturated rings. The largest absolute Gasteiger partial charge is 0.495 e. The smallest absolute Gasteiger partial charge is 0.191 e. The van der Waals surface area contributed by atoms with Gasteiger partial charge in [-0.25, -0.2) is 0 Å². The molecule has 1 aliphatic rings. The number of hydrogen-bond donors (Lipinski definition) is 1. The van der Waals surface area contributed by atoms with Gasteiger partial charge in [-0.1, -0.05) is 11.2 Å². The highest BCUT2D eigenvalue weighted by Gasteiger charge is 2.27. The number of anilines is 1. The molecule has 0 amide bonds. The Labute approximate surface area is 171 Å². The van der Waals surface area contributed by atoms with E-state index in [1.165, 1.54) is 11.9 Å². The minimum absolute atomic E-state index is 0.585. The van der Waals surface area contributed by atoms with Crippen LogP contribution < -0.4 is 18.9 Å². The molecule has 1 N–H and O–H groups in total. The third-order valence-electron chi connectivity index (χ3n) is 4.84. The molecule has 0 spiro atoms. The van der Waals surface area contributed by atoms with Crippen LogP contribution in [0.2, 0.25) is 0 Å². The summed E-state index contributed by atoms with van der Waals surface area (Å²) in [5.74, 6) is 3.56. The summed E-state index contributed by atoms with van der Waals surface area (Å²) in [6.45, 7) is 0.611. The van der Waals surface area contributed by atoms with Crippen LogP contribution in [0.5, 0.6) is 17.2 Å². The fourth-order valence-electron chi connectivity index (χ4n) is 3.51. The van der Waals surface area contributed by atoms with Crippen molar-refractivity contribution >= 4 is 28.7 Å². The number of benzene rings is 2. The lowest BCUT2D eigenvalue weighted by Crippen LogP contribution is -1.95. The van der Waals surface area contributed by atoms with Crippen LogP contribution in [-0.4, -0.2) is 26.0 Å². The zero-order valence-electron chi connectivity index (χ0n) is 15.9. The first-order chi connectivity index (χ1) is 14.3. The number of fused-ring (bicyclic) bond motifs is 3. The lowest BCUT2D eigenvalue weighted by Gasteiger charge is -2.12. The third-order valence-corrected chi connectivity index (χ3v) is 5.74. The Bertz CT molecular complexity index is 1150. The molecule has 7 nitrogen and oxygen atoms in total. The Kier molecular flexibility index (Phi) is 4.48. The molecule has 2 aromatic heterocycles. The van der Waals surface area contributed by atoms with Gasteiger partial charge in [0.15, 0.2) is 11.4 Å². The standard InChI is InChI=1S/C21H18N2O5S/c1-24-15-5-3-6-16(25-2)20(15)29-23-21-18-17(28-22-21)11-13(14-7-4-9-26-14)12-8-10-27-19(12)18/h3-7,9,11H,8,10H2,1-2H3,(H,22,23). The average Bonchev–Trinajstić information content (AvgIpc) is 3.51. The number of nitrogens with one attached hydrogen (secondary N) is 1. The second-order valence-electron chi connectivity index (χ2n) is 6.41. The van der Waals surface area contributed by atoms with Crippen LogP contribution in [0.3, 0.4) is 0 Å². The minimum Gasteiger partial charge on any atom is -0.495 e. The van der Waals surface area contributed by atoms with Gasteiger partial charge in [0, 0.05) is 17.5 Å². The number of ether oxygens (including phenoxy) is 3. The molecule has 8 heteroatoms. The number of hydrogen-bond acceptors (Lipinski definition) is 8. The lowest BCUT2D eigenvalue weighted by molar-refractivity contribution is 0.360. The SMILES string of the molecule is COc1cccc(OC)c1SNc1noc2cc(-c3ccco3)c3c(c12)OCC3. The average molecular weight is 410 g/mol. The molecule has 148 valence electrons. The van der Waals surface area contributed by atoms with Gasteiger partial charge >= 0.3 is 0 Å². The molecule has 0 radical (unpaired) electrons. The summed E-state index contributed by atoms with van der Waals surface area (Å²) in [6, 6.07) is 11.4. The maximum atomic E-state index is 5.95. The van der Waals surface area contributed by atoms with Gasteiger partial charge in [-0.3, -0.25) is 0 Å². The van der Waals surface area contributed by atoms with Crippen LogP contribution in [0, 0.1) is 0 Å². The number of methoxy groups -OCH3 is 2. The molecule has 0 bridgehead atoms. The minimum atomic E-state index is 0.585. The molecule has 3 heterocycles. The molecule has 4 aromatic rings. The highest BCUT2D eigenvalue weighted by Crippen LogP contribution is 2.46. The summed E-state index contributed by atoms with van der Waals surface area (Å²) >= 11 is 1.35. The van der Waals surface area contributed by atoms with Gasteiger partial charge in [0.1, 0.15) is 33.3 Å². The van der Waals surface area contributed by atoms with Gasteiger partial charge in [0.2, 0.25) is 0 Å². The number of nitrogens with zero attached hydrogens (tertiary/aromatic N) is 1. The van der Waals surface area contributed by atoms with E-state index in [2.05, 4.69) is 9.88 Å². The van der Waals surface area contributed by atoms with E-state index in [-0.39, 0.29) is 0 Å². The van der Waals surface area contributed by atoms with Crippen LogP contribution in [0.15, 0.2) is 56.5 Å². The summed E-state index contributed by atoms with van der Waals surface area (Å²) in [7, 11) is 3.25. The van der Waals surface area contributed by atoms with Gasteiger partial charge in [0.05, 0.1) is 27.1 Å². The second kappa shape index (κ2) is 7.29. The van der Waals surface area contributed by atoms with E-state index in [0.717, 1.165) is 39.3 Å². The number of aromatic nitrogens is 1. The van der Waals surface area contributed by atoms with Crippen molar-refractivity contribution in [3.63, 3.8) is 0 Å². The van der Waals surface area contributed by atoms with E-state index in [9.17, 15) is 0 Å². The summed E-state index contributed by atoms with van der Waals surface area (Å²) in [5, 5.41) is 5.04. The van der Waals surface area contributed by atoms with E-state index >= 15 is 0 Å². The molecule has 0 saturated heterocycles. The first-order valence-electron chi connectivity index (χ1n) is 9.06. The van der Waals surface area contributed by atoms with Gasteiger partial charge in [-0.15, -0.1) is 0 Å². The quantitative estimate of drug-likeness (QED) is 0.437. The lowest BCUT2D eigenvalue weighted by atomic mass is 10.0. The normalized spacial score (nSPS) is 12.6. The van der Waals surface area contributed by atoms with Crippen LogP contribution in [-0.2, 0) is 6.42 Å². The van der Waals surface area contributed by atoms with Crippen molar-refractivity contribution in [2.45, 2.75) is 11.3 Å². The van der Waals surface area contributed by atoms with Gasteiger partial charge < -0.3 is 27.9 Å². The van der Waals surface area contributed by atoms with Crippen molar-refractivity contribution in [2.75, 3.05) is 25.5 Å². The molecular weight excluding hydrogens is 392 g/mol. The van der Waals surface area contributed by atoms with E-state index in [1.807, 2.05) is 36.4 Å². The van der Waals surface area contributed by atoms with E-state index in [0.29, 0.717) is 29.5 Å². The van der Waals surface area contributed by atoms with Crippen LogP contribution in [0.25, 0.3) is 22.3 Å². The highest BCUT2D eigenvalue weighted by molar-refractivity contribution is 8.00. The van der Waals surface area contributed by atoms with Gasteiger partial charge in [0.25, 0.3) is 0 Å². The van der Waals surface area contributed by atoms with Crippen molar-refractivity contribution in [3.05, 3.63) is 48.2 Å². The van der Waals surface area contributed by atoms with Crippen molar-refractivity contribution in [2.24, 2.45) is 0 Å². The summed E-state index contributed by atoms with van der Waals surface area (Å²) in [5.41, 5.74) is 2.70. The zero-order valence-corrected chi connectivity index (χ0v) is 16.7. The fourth-order valence-corrected chi connectivity index (χ4v) is 4.36. The van der Waals surface area contributed by atoms with Crippen molar-refractivity contribution in [3.8, 4) is 28.6 Å². The molecule has 29 heavy (non-hydrogen) atoms. The first-order valence-corrected chi connectivity index (χ1v) is 9.87. The first kappa shape index (κ1) is 17.8. The summed E-state index contributed by atoms with van der Waals surface area (Å²) < 4.78 is 31.3. The third kappa shape index (κ3) is 2.96. The Balaban J connectivity index is 1.54. The van der Waals surface area contributed by atoms with E-state index < -0.39 is 0 Å². The number of furan rings is 1. The molecule has 5 rings (SSSR count). The Morgan fingerprint density at radius 2 is 1.93 bits per heavy atom. The monoisotopic (exact) mass is 410 g/mol. The highest BCUT2D eigenvalue weighted by atomic mass is 32.2. The molecule has 1 aliphatic heterocycles. The van der Waals surface area contributed by atoms with Crippen molar-refractivity contribution in [1.29, 1.82) is 0 Å². The predicted octanol–water partition coefficient (Wildman–Crippen LogP) is 5.16. The predicted molar refractivity (Wildman–Crippen MR) is 110 cm³/mol. The Hall–Kier alpha value is -3.26. The van der Waals surface area contributed by atoms with Crippen molar-refractivity contribution < 1.29 is 23.2 Å². The molecule has 0 aliphatic carbocycles. The van der Waals surface area contributed by atoms with E-state index in [1.54, 1.807) is 20.5 Å². The molecule has 0 saturated carbocycles. The molecule has 2 aromatic carbocycles. The Morgan fingerprint density at radius 1 is 1.10 bits per heavy atom. The Morgan fingerprint density at radius 3 is 2.66 bits per heavy atom. The van der Waals surface area contributed by atoms with Crippen LogP contribution in [0.1, 0.15) is 5.56 Å². The molecule has 0 unspecified atom stereocenters. The fraction of sp³-hybridized carbons (Fsp3) is 0.190. The summed E-state index contributed by atoms with van der Waals surface area (Å²) in [6.07, 6.45) is 2.46. The molecule has 0 atom stereocenters. The topological polar surface area (TPSA) is 78.9 Å². The van der Waals surface area contributed by atoms with E-state index in [4.69, 9.17) is 23.2 Å². The zero-order chi connectivity index (χ0) is 19.8. The second-order valence-corrected chi connectivity index (χ2v) is 7.22. The maximum Gasteiger partial charge on any atom is 0.191 e.